The molecular formula is C29H28N4O6S3. The number of benzene rings is 3. The van der Waals surface area contributed by atoms with Gasteiger partial charge in [-0.05, 0) is 67.8 Å². The number of anilines is 2. The number of hydroxylamine groups is 1. The van der Waals surface area contributed by atoms with E-state index in [0.29, 0.717) is 25.3 Å². The van der Waals surface area contributed by atoms with Gasteiger partial charge in [-0.25, -0.2) is 23.9 Å². The summed E-state index contributed by atoms with van der Waals surface area (Å²) in [6.07, 6.45) is 0.575. The van der Waals surface area contributed by atoms with Gasteiger partial charge >= 0.3 is 0 Å². The zero-order chi connectivity index (χ0) is 29.2. The Balaban J connectivity index is 1.15. The van der Waals surface area contributed by atoms with Crippen LogP contribution >= 0.6 is 22.7 Å². The second kappa shape index (κ2) is 11.9. The van der Waals surface area contributed by atoms with Crippen LogP contribution in [0.4, 0.5) is 10.3 Å². The van der Waals surface area contributed by atoms with Crippen LogP contribution < -0.4 is 15.1 Å². The third-order valence-corrected chi connectivity index (χ3v) is 11.9. The third kappa shape index (κ3) is 5.34. The fourth-order valence-corrected chi connectivity index (χ4v) is 8.98. The highest BCUT2D eigenvalue weighted by Gasteiger charge is 2.52. The van der Waals surface area contributed by atoms with Gasteiger partial charge in [-0.1, -0.05) is 46.9 Å². The zero-order valence-corrected chi connectivity index (χ0v) is 24.9. The predicted octanol–water partition coefficient (Wildman–Crippen LogP) is 5.34. The number of aromatic nitrogens is 2. The molecule has 13 heteroatoms. The van der Waals surface area contributed by atoms with E-state index in [1.54, 1.807) is 34.8 Å². The molecule has 0 bridgehead atoms. The number of ether oxygens (including phenoxy) is 2. The molecule has 3 aromatic carbocycles. The topological polar surface area (TPSA) is 131 Å². The van der Waals surface area contributed by atoms with Crippen molar-refractivity contribution in [1.29, 1.82) is 0 Å². The van der Waals surface area contributed by atoms with Crippen LogP contribution in [-0.4, -0.2) is 60.6 Å². The van der Waals surface area contributed by atoms with Crippen LogP contribution in [0.1, 0.15) is 19.3 Å². The van der Waals surface area contributed by atoms with E-state index >= 15 is 0 Å². The van der Waals surface area contributed by atoms with Crippen molar-refractivity contribution in [2.75, 3.05) is 31.3 Å². The lowest BCUT2D eigenvalue weighted by molar-refractivity contribution is -0.134. The van der Waals surface area contributed by atoms with Crippen molar-refractivity contribution in [1.82, 2.24) is 15.4 Å². The van der Waals surface area contributed by atoms with Gasteiger partial charge in [0.2, 0.25) is 0 Å². The van der Waals surface area contributed by atoms with E-state index in [9.17, 15) is 18.4 Å². The average molecular weight is 625 g/mol. The number of nitrogens with zero attached hydrogens (tertiary/aromatic N) is 3. The van der Waals surface area contributed by atoms with E-state index in [2.05, 4.69) is 17.0 Å². The molecule has 0 saturated carbocycles. The molecule has 0 unspecified atom stereocenters. The van der Waals surface area contributed by atoms with Crippen LogP contribution in [0.2, 0.25) is 0 Å². The van der Waals surface area contributed by atoms with E-state index in [0.717, 1.165) is 30.7 Å². The number of carbonyl (C=O) groups excluding carboxylic acids is 1. The van der Waals surface area contributed by atoms with Gasteiger partial charge < -0.3 is 9.47 Å². The fourth-order valence-electron chi connectivity index (χ4n) is 5.00. The van der Waals surface area contributed by atoms with Crippen LogP contribution in [0.5, 0.6) is 5.75 Å². The van der Waals surface area contributed by atoms with E-state index in [4.69, 9.17) is 19.4 Å². The van der Waals surface area contributed by atoms with Crippen LogP contribution in [0, 0.1) is 0 Å². The van der Waals surface area contributed by atoms with Crippen molar-refractivity contribution < 1.29 is 27.9 Å². The highest BCUT2D eigenvalue weighted by atomic mass is 32.2. The molecule has 0 aliphatic carbocycles. The Morgan fingerprint density at radius 1 is 0.929 bits per heavy atom. The molecule has 0 spiro atoms. The number of hydrogen-bond acceptors (Lipinski definition) is 11. The minimum atomic E-state index is -4.10. The maximum Gasteiger partial charge on any atom is 0.265 e. The molecule has 1 amide bonds. The first-order valence-corrected chi connectivity index (χ1v) is 16.5. The minimum Gasteiger partial charge on any atom is -0.494 e. The SMILES string of the molecule is O=C(NO)C1(S(=O)(=O)c2ccc(OCCCN(c3nc4ccccc4s3)c3nc4ccccc4s3)cc2)CCOCC1. The molecule has 2 N–H and O–H groups in total. The molecular weight excluding hydrogens is 597 g/mol. The largest absolute Gasteiger partial charge is 0.494 e. The first-order chi connectivity index (χ1) is 20.4. The van der Waals surface area contributed by atoms with Crippen LogP contribution in [0.15, 0.2) is 77.7 Å². The lowest BCUT2D eigenvalue weighted by Crippen LogP contribution is -2.54. The smallest absolute Gasteiger partial charge is 0.265 e. The first kappa shape index (κ1) is 28.5. The first-order valence-electron chi connectivity index (χ1n) is 13.4. The van der Waals surface area contributed by atoms with Gasteiger partial charge in [-0.2, -0.15) is 0 Å². The summed E-state index contributed by atoms with van der Waals surface area (Å²) in [5, 5.41) is 11.0. The summed E-state index contributed by atoms with van der Waals surface area (Å²) in [6, 6.07) is 22.1. The standard InChI is InChI=1S/C29H28N4O6S3/c34-26(32-35)29(14-18-38-19-15-29)42(36,37)21-12-10-20(11-13-21)39-17-5-16-33(27-30-22-6-1-3-8-24(22)40-27)28-31-23-7-2-4-9-25(23)41-28/h1-4,6-13,35H,5,14-19H2,(H,32,34). The number of carbonyl (C=O) groups is 1. The summed E-state index contributed by atoms with van der Waals surface area (Å²) in [5.74, 6) is -0.440. The van der Waals surface area contributed by atoms with Crippen molar-refractivity contribution in [3.05, 3.63) is 72.8 Å². The second-order valence-corrected chi connectivity index (χ2v) is 14.1. The van der Waals surface area contributed by atoms with Crippen molar-refractivity contribution in [3.8, 4) is 5.75 Å². The molecule has 1 fully saturated rings. The number of rotatable bonds is 10. The lowest BCUT2D eigenvalue weighted by Gasteiger charge is -2.34. The summed E-state index contributed by atoms with van der Waals surface area (Å²) >= 11 is 3.23. The highest BCUT2D eigenvalue weighted by molar-refractivity contribution is 7.93. The molecule has 42 heavy (non-hydrogen) atoms. The Morgan fingerprint density at radius 2 is 1.50 bits per heavy atom. The number of amides is 1. The Hall–Kier alpha value is -3.62. The number of sulfone groups is 1. The van der Waals surface area contributed by atoms with Crippen molar-refractivity contribution in [3.63, 3.8) is 0 Å². The number of fused-ring (bicyclic) bond motifs is 2. The van der Waals surface area contributed by atoms with Crippen LogP contribution in [0.3, 0.4) is 0 Å². The Bertz CT molecular complexity index is 1670. The quantitative estimate of drug-likeness (QED) is 0.120. The molecule has 1 saturated heterocycles. The van der Waals surface area contributed by atoms with E-state index in [1.807, 2.05) is 36.4 Å². The van der Waals surface area contributed by atoms with Gasteiger partial charge in [-0.3, -0.25) is 14.9 Å². The molecule has 3 heterocycles. The zero-order valence-electron chi connectivity index (χ0n) is 22.4. The number of nitrogens with one attached hydrogen (secondary N) is 1. The monoisotopic (exact) mass is 624 g/mol. The molecule has 5 aromatic rings. The van der Waals surface area contributed by atoms with Crippen molar-refractivity contribution in [2.45, 2.75) is 28.9 Å². The number of thiazole rings is 2. The maximum atomic E-state index is 13.5. The minimum absolute atomic E-state index is 0.0156. The Morgan fingerprint density at radius 3 is 2.05 bits per heavy atom. The summed E-state index contributed by atoms with van der Waals surface area (Å²) in [7, 11) is -4.10. The summed E-state index contributed by atoms with van der Waals surface area (Å²) in [5.41, 5.74) is 3.41. The number of hydrogen-bond donors (Lipinski definition) is 2. The molecule has 218 valence electrons. The van der Waals surface area contributed by atoms with Crippen molar-refractivity contribution in [2.24, 2.45) is 0 Å². The Labute approximate surface area is 250 Å². The van der Waals surface area contributed by atoms with Crippen LogP contribution in [0.25, 0.3) is 20.4 Å². The van der Waals surface area contributed by atoms with E-state index in [1.165, 1.54) is 17.6 Å². The molecule has 0 atom stereocenters. The van der Waals surface area contributed by atoms with Gasteiger partial charge in [0.1, 0.15) is 5.75 Å². The summed E-state index contributed by atoms with van der Waals surface area (Å²) in [4.78, 5) is 24.3. The lowest BCUT2D eigenvalue weighted by atomic mass is 9.98. The van der Waals surface area contributed by atoms with Crippen LogP contribution in [-0.2, 0) is 19.4 Å². The summed E-state index contributed by atoms with van der Waals surface area (Å²) in [6.45, 7) is 1.22. The molecule has 6 rings (SSSR count). The van der Waals surface area contributed by atoms with Gasteiger partial charge in [0.05, 0.1) is 31.9 Å². The van der Waals surface area contributed by atoms with E-state index in [-0.39, 0.29) is 31.0 Å². The Kier molecular flexibility index (Phi) is 8.10. The van der Waals surface area contributed by atoms with Gasteiger partial charge in [-0.15, -0.1) is 0 Å². The average Bonchev–Trinajstić information content (AvgIpc) is 3.65. The highest BCUT2D eigenvalue weighted by Crippen LogP contribution is 2.38. The van der Waals surface area contributed by atoms with Gasteiger partial charge in [0.25, 0.3) is 5.91 Å². The summed E-state index contributed by atoms with van der Waals surface area (Å²) < 4.78 is 38.6. The third-order valence-electron chi connectivity index (χ3n) is 7.29. The van der Waals surface area contributed by atoms with Crippen molar-refractivity contribution >= 4 is 69.1 Å². The molecule has 0 radical (unpaired) electrons. The van der Waals surface area contributed by atoms with Gasteiger partial charge in [0.15, 0.2) is 24.8 Å². The van der Waals surface area contributed by atoms with E-state index < -0.39 is 20.5 Å². The predicted molar refractivity (Wildman–Crippen MR) is 163 cm³/mol. The molecule has 1 aliphatic rings. The normalized spacial score (nSPS) is 15.1. The van der Waals surface area contributed by atoms with Gasteiger partial charge in [0, 0.05) is 19.8 Å². The maximum absolute atomic E-state index is 13.5. The molecule has 2 aromatic heterocycles. The number of para-hydroxylation sites is 2. The molecule has 10 nitrogen and oxygen atoms in total. The molecule has 1 aliphatic heterocycles. The second-order valence-electron chi connectivity index (χ2n) is 9.80. The fraction of sp³-hybridized carbons (Fsp3) is 0.276.